The van der Waals surface area contributed by atoms with Gasteiger partial charge >= 0.3 is 0 Å². The molecule has 1 aromatic heterocycles. The molecule has 1 aliphatic rings. The quantitative estimate of drug-likeness (QED) is 0.905. The van der Waals surface area contributed by atoms with E-state index in [2.05, 4.69) is 15.6 Å². The Morgan fingerprint density at radius 1 is 1.24 bits per heavy atom. The third-order valence-corrected chi connectivity index (χ3v) is 3.36. The summed E-state index contributed by atoms with van der Waals surface area (Å²) in [7, 11) is 0. The van der Waals surface area contributed by atoms with Gasteiger partial charge in [0.25, 0.3) is 0 Å². The minimum absolute atomic E-state index is 0.00793. The molecular formula is C16H17N3O2. The summed E-state index contributed by atoms with van der Waals surface area (Å²) in [6.07, 6.45) is 5.28. The molecule has 0 spiro atoms. The Balaban J connectivity index is 1.66. The Hall–Kier alpha value is -2.40. The Morgan fingerprint density at radius 2 is 2.10 bits per heavy atom. The first-order valence-electron chi connectivity index (χ1n) is 7.03. The summed E-state index contributed by atoms with van der Waals surface area (Å²) in [5.74, 6) is 1.40. The second kappa shape index (κ2) is 6.37. The van der Waals surface area contributed by atoms with Gasteiger partial charge in [0.15, 0.2) is 0 Å². The first-order valence-corrected chi connectivity index (χ1v) is 7.03. The molecule has 5 heteroatoms. The van der Waals surface area contributed by atoms with E-state index in [1.54, 1.807) is 24.5 Å². The van der Waals surface area contributed by atoms with Gasteiger partial charge in [-0.25, -0.2) is 0 Å². The molecule has 1 fully saturated rings. The first-order chi connectivity index (χ1) is 10.3. The lowest BCUT2D eigenvalue weighted by atomic mass is 10.2. The molecule has 1 amide bonds. The zero-order valence-corrected chi connectivity index (χ0v) is 11.6. The van der Waals surface area contributed by atoms with E-state index in [0.29, 0.717) is 11.5 Å². The lowest BCUT2D eigenvalue weighted by molar-refractivity contribution is -0.117. The summed E-state index contributed by atoms with van der Waals surface area (Å²) in [4.78, 5) is 16.0. The number of carbonyl (C=O) groups is 1. The number of hydrogen-bond acceptors (Lipinski definition) is 4. The van der Waals surface area contributed by atoms with Crippen molar-refractivity contribution in [1.29, 1.82) is 0 Å². The highest BCUT2D eigenvalue weighted by Gasteiger charge is 2.21. The van der Waals surface area contributed by atoms with Crippen LogP contribution >= 0.6 is 0 Å². The van der Waals surface area contributed by atoms with Crippen LogP contribution in [-0.2, 0) is 4.79 Å². The third kappa shape index (κ3) is 3.58. The van der Waals surface area contributed by atoms with Gasteiger partial charge in [-0.15, -0.1) is 0 Å². The van der Waals surface area contributed by atoms with Crippen LogP contribution in [0.25, 0.3) is 0 Å². The molecule has 2 N–H and O–H groups in total. The summed E-state index contributed by atoms with van der Waals surface area (Å²) in [5.41, 5.74) is 0.736. The van der Waals surface area contributed by atoms with Crippen molar-refractivity contribution in [1.82, 2.24) is 10.3 Å². The van der Waals surface area contributed by atoms with Crippen molar-refractivity contribution >= 4 is 11.6 Å². The maximum absolute atomic E-state index is 12.1. The van der Waals surface area contributed by atoms with Crippen LogP contribution in [0.4, 0.5) is 5.69 Å². The summed E-state index contributed by atoms with van der Waals surface area (Å²) >= 11 is 0. The fourth-order valence-electron chi connectivity index (χ4n) is 2.32. The lowest BCUT2D eigenvalue weighted by Crippen LogP contribution is -2.35. The van der Waals surface area contributed by atoms with Crippen molar-refractivity contribution in [3.8, 4) is 11.5 Å². The minimum atomic E-state index is -0.0882. The Bertz CT molecular complexity index is 610. The number of aromatic nitrogens is 1. The fraction of sp³-hybridized carbons (Fsp3) is 0.250. The van der Waals surface area contributed by atoms with Crippen LogP contribution < -0.4 is 15.4 Å². The number of carbonyl (C=O) groups excluding carboxylic acids is 1. The Labute approximate surface area is 123 Å². The molecule has 1 aromatic carbocycles. The predicted octanol–water partition coefficient (Wildman–Crippen LogP) is 2.56. The number of hydrogen-bond donors (Lipinski definition) is 2. The molecule has 21 heavy (non-hydrogen) atoms. The van der Waals surface area contributed by atoms with Gasteiger partial charge in [-0.3, -0.25) is 9.78 Å². The average Bonchev–Trinajstić information content (AvgIpc) is 3.03. The van der Waals surface area contributed by atoms with E-state index in [0.717, 1.165) is 25.1 Å². The molecule has 0 aliphatic carbocycles. The van der Waals surface area contributed by atoms with E-state index in [4.69, 9.17) is 4.74 Å². The topological polar surface area (TPSA) is 63.2 Å². The third-order valence-electron chi connectivity index (χ3n) is 3.36. The molecule has 1 unspecified atom stereocenters. The van der Waals surface area contributed by atoms with Gasteiger partial charge in [0.05, 0.1) is 6.04 Å². The molecule has 2 aromatic rings. The number of benzene rings is 1. The standard InChI is InChI=1S/C16H17N3O2/c20-16(15-5-2-8-18-15)19-12-3-1-4-14(11-12)21-13-6-9-17-10-7-13/h1,3-4,6-7,9-11,15,18H,2,5,8H2,(H,19,20). The second-order valence-electron chi connectivity index (χ2n) is 4.95. The lowest BCUT2D eigenvalue weighted by Gasteiger charge is -2.12. The van der Waals surface area contributed by atoms with E-state index >= 15 is 0 Å². The SMILES string of the molecule is O=C(Nc1cccc(Oc2ccncc2)c1)C1CCCN1. The Morgan fingerprint density at radius 3 is 2.86 bits per heavy atom. The summed E-state index contributed by atoms with van der Waals surface area (Å²) in [5, 5.41) is 6.10. The van der Waals surface area contributed by atoms with Gasteiger partial charge in [0.2, 0.25) is 5.91 Å². The average molecular weight is 283 g/mol. The molecule has 1 atom stereocenters. The maximum atomic E-state index is 12.1. The minimum Gasteiger partial charge on any atom is -0.457 e. The van der Waals surface area contributed by atoms with Crippen molar-refractivity contribution in [3.63, 3.8) is 0 Å². The van der Waals surface area contributed by atoms with Gasteiger partial charge in [-0.05, 0) is 43.7 Å². The van der Waals surface area contributed by atoms with Gasteiger partial charge in [-0.1, -0.05) is 6.07 Å². The summed E-state index contributed by atoms with van der Waals surface area (Å²) in [6, 6.07) is 10.9. The van der Waals surface area contributed by atoms with Crippen LogP contribution in [0.1, 0.15) is 12.8 Å². The number of rotatable bonds is 4. The molecule has 0 bridgehead atoms. The molecule has 3 rings (SSSR count). The van der Waals surface area contributed by atoms with E-state index in [1.165, 1.54) is 0 Å². The molecule has 0 saturated carbocycles. The number of amides is 1. The number of anilines is 1. The van der Waals surface area contributed by atoms with Crippen molar-refractivity contribution in [2.24, 2.45) is 0 Å². The number of nitrogens with one attached hydrogen (secondary N) is 2. The zero-order chi connectivity index (χ0) is 14.5. The van der Waals surface area contributed by atoms with E-state index in [-0.39, 0.29) is 11.9 Å². The summed E-state index contributed by atoms with van der Waals surface area (Å²) < 4.78 is 5.72. The van der Waals surface area contributed by atoms with E-state index in [1.807, 2.05) is 24.3 Å². The number of nitrogens with zero attached hydrogens (tertiary/aromatic N) is 1. The highest BCUT2D eigenvalue weighted by molar-refractivity contribution is 5.95. The van der Waals surface area contributed by atoms with Gasteiger partial charge < -0.3 is 15.4 Å². The van der Waals surface area contributed by atoms with Crippen LogP contribution in [0.15, 0.2) is 48.8 Å². The normalized spacial score (nSPS) is 17.4. The molecule has 5 nitrogen and oxygen atoms in total. The molecule has 2 heterocycles. The van der Waals surface area contributed by atoms with Crippen LogP contribution in [0.5, 0.6) is 11.5 Å². The van der Waals surface area contributed by atoms with Crippen molar-refractivity contribution in [2.45, 2.75) is 18.9 Å². The first kappa shape index (κ1) is 13.6. The molecule has 108 valence electrons. The molecule has 1 saturated heterocycles. The zero-order valence-electron chi connectivity index (χ0n) is 11.6. The fourth-order valence-corrected chi connectivity index (χ4v) is 2.32. The summed E-state index contributed by atoms with van der Waals surface area (Å²) in [6.45, 7) is 0.906. The van der Waals surface area contributed by atoms with Gasteiger partial charge in [-0.2, -0.15) is 0 Å². The van der Waals surface area contributed by atoms with Crippen molar-refractivity contribution in [2.75, 3.05) is 11.9 Å². The second-order valence-corrected chi connectivity index (χ2v) is 4.95. The monoisotopic (exact) mass is 283 g/mol. The number of ether oxygens (including phenoxy) is 1. The molecule has 1 aliphatic heterocycles. The van der Waals surface area contributed by atoms with Crippen molar-refractivity contribution in [3.05, 3.63) is 48.8 Å². The largest absolute Gasteiger partial charge is 0.457 e. The van der Waals surface area contributed by atoms with Gasteiger partial charge in [0, 0.05) is 24.1 Å². The Kier molecular flexibility index (Phi) is 4.12. The van der Waals surface area contributed by atoms with Gasteiger partial charge in [0.1, 0.15) is 11.5 Å². The predicted molar refractivity (Wildman–Crippen MR) is 80.4 cm³/mol. The smallest absolute Gasteiger partial charge is 0.241 e. The molecular weight excluding hydrogens is 266 g/mol. The van der Waals surface area contributed by atoms with Crippen LogP contribution in [-0.4, -0.2) is 23.5 Å². The van der Waals surface area contributed by atoms with Crippen LogP contribution in [0, 0.1) is 0 Å². The van der Waals surface area contributed by atoms with E-state index < -0.39 is 0 Å². The number of pyridine rings is 1. The van der Waals surface area contributed by atoms with Crippen LogP contribution in [0.3, 0.4) is 0 Å². The highest BCUT2D eigenvalue weighted by Crippen LogP contribution is 2.23. The van der Waals surface area contributed by atoms with Crippen LogP contribution in [0.2, 0.25) is 0 Å². The van der Waals surface area contributed by atoms with E-state index in [9.17, 15) is 4.79 Å². The maximum Gasteiger partial charge on any atom is 0.241 e. The van der Waals surface area contributed by atoms with Crippen molar-refractivity contribution < 1.29 is 9.53 Å². The highest BCUT2D eigenvalue weighted by atomic mass is 16.5. The molecule has 0 radical (unpaired) electrons.